The number of aryl methyl sites for hydroxylation is 2. The topological polar surface area (TPSA) is 92.4 Å². The van der Waals surface area contributed by atoms with Crippen molar-refractivity contribution in [3.05, 3.63) is 17.5 Å². The predicted molar refractivity (Wildman–Crippen MR) is 50.6 cm³/mol. The van der Waals surface area contributed by atoms with Crippen LogP contribution in [0.2, 0.25) is 0 Å². The second-order valence-corrected chi connectivity index (χ2v) is 3.32. The Labute approximate surface area is 86.1 Å². The highest BCUT2D eigenvalue weighted by Crippen LogP contribution is 2.15. The lowest BCUT2D eigenvalue weighted by atomic mass is 10.2. The third kappa shape index (κ3) is 2.55. The molecule has 82 valence electrons. The number of hydrogen-bond acceptors (Lipinski definition) is 3. The van der Waals surface area contributed by atoms with Crippen molar-refractivity contribution < 1.29 is 19.8 Å². The maximum absolute atomic E-state index is 10.9. The summed E-state index contributed by atoms with van der Waals surface area (Å²) in [5.41, 5.74) is 1.31. The van der Waals surface area contributed by atoms with Crippen LogP contribution in [0.15, 0.2) is 6.07 Å². The molecule has 1 atom stereocenters. The van der Waals surface area contributed by atoms with Crippen molar-refractivity contribution in [2.75, 3.05) is 0 Å². The van der Waals surface area contributed by atoms with Crippen LogP contribution in [0, 0.1) is 13.8 Å². The summed E-state index contributed by atoms with van der Waals surface area (Å²) in [6.45, 7) is 3.42. The molecule has 6 nitrogen and oxygen atoms in total. The van der Waals surface area contributed by atoms with Gasteiger partial charge in [-0.25, -0.2) is 4.79 Å². The van der Waals surface area contributed by atoms with E-state index in [0.29, 0.717) is 11.4 Å². The van der Waals surface area contributed by atoms with E-state index in [2.05, 4.69) is 5.10 Å². The summed E-state index contributed by atoms with van der Waals surface area (Å²) in [7, 11) is 0. The minimum Gasteiger partial charge on any atom is -0.481 e. The zero-order valence-electron chi connectivity index (χ0n) is 8.47. The Morgan fingerprint density at radius 3 is 2.40 bits per heavy atom. The average molecular weight is 212 g/mol. The monoisotopic (exact) mass is 212 g/mol. The summed E-state index contributed by atoms with van der Waals surface area (Å²) in [6, 6.07) is 0.564. The Morgan fingerprint density at radius 1 is 1.47 bits per heavy atom. The van der Waals surface area contributed by atoms with Crippen molar-refractivity contribution in [1.29, 1.82) is 0 Å². The molecule has 0 aromatic carbocycles. The molecule has 0 unspecified atom stereocenters. The van der Waals surface area contributed by atoms with E-state index >= 15 is 0 Å². The molecule has 1 aromatic heterocycles. The summed E-state index contributed by atoms with van der Waals surface area (Å²) in [5, 5.41) is 21.4. The first-order chi connectivity index (χ1) is 6.91. The number of aromatic nitrogens is 2. The van der Waals surface area contributed by atoms with Gasteiger partial charge in [0.25, 0.3) is 0 Å². The Hall–Kier alpha value is -1.85. The van der Waals surface area contributed by atoms with Crippen LogP contribution in [0.25, 0.3) is 0 Å². The fourth-order valence-corrected chi connectivity index (χ4v) is 1.41. The van der Waals surface area contributed by atoms with Gasteiger partial charge >= 0.3 is 11.9 Å². The molecule has 1 rings (SSSR count). The zero-order chi connectivity index (χ0) is 11.6. The largest absolute Gasteiger partial charge is 0.481 e. The van der Waals surface area contributed by atoms with Crippen LogP contribution in [0.3, 0.4) is 0 Å². The molecule has 0 amide bonds. The van der Waals surface area contributed by atoms with E-state index in [1.807, 2.05) is 0 Å². The molecule has 0 aliphatic carbocycles. The molecular weight excluding hydrogens is 200 g/mol. The van der Waals surface area contributed by atoms with Gasteiger partial charge in [0.15, 0.2) is 6.04 Å². The van der Waals surface area contributed by atoms with Crippen molar-refractivity contribution in [1.82, 2.24) is 9.78 Å². The van der Waals surface area contributed by atoms with Gasteiger partial charge in [0.05, 0.1) is 12.1 Å². The van der Waals surface area contributed by atoms with Gasteiger partial charge in [-0.15, -0.1) is 0 Å². The Balaban J connectivity index is 3.03. The minimum absolute atomic E-state index is 0.475. The Kier molecular flexibility index (Phi) is 3.08. The second-order valence-electron chi connectivity index (χ2n) is 3.32. The van der Waals surface area contributed by atoms with Gasteiger partial charge in [0.2, 0.25) is 0 Å². The van der Waals surface area contributed by atoms with Crippen molar-refractivity contribution in [2.24, 2.45) is 0 Å². The van der Waals surface area contributed by atoms with Crippen LogP contribution in [-0.4, -0.2) is 31.9 Å². The maximum atomic E-state index is 10.9. The summed E-state index contributed by atoms with van der Waals surface area (Å²) >= 11 is 0. The first kappa shape index (κ1) is 11.2. The number of carboxylic acid groups (broad SMARTS) is 2. The summed E-state index contributed by atoms with van der Waals surface area (Å²) in [5.74, 6) is -2.35. The number of carboxylic acids is 2. The Bertz CT molecular complexity index is 397. The number of aliphatic carboxylic acids is 2. The molecule has 0 saturated heterocycles. The van der Waals surface area contributed by atoms with Gasteiger partial charge in [-0.2, -0.15) is 5.10 Å². The van der Waals surface area contributed by atoms with Gasteiger partial charge < -0.3 is 10.2 Å². The first-order valence-corrected chi connectivity index (χ1v) is 4.39. The third-order valence-corrected chi connectivity index (χ3v) is 1.99. The third-order valence-electron chi connectivity index (χ3n) is 1.99. The van der Waals surface area contributed by atoms with Crippen molar-refractivity contribution in [3.8, 4) is 0 Å². The first-order valence-electron chi connectivity index (χ1n) is 4.39. The highest BCUT2D eigenvalue weighted by Gasteiger charge is 2.25. The van der Waals surface area contributed by atoms with Gasteiger partial charge in [0.1, 0.15) is 0 Å². The van der Waals surface area contributed by atoms with E-state index in [0.717, 1.165) is 0 Å². The lowest BCUT2D eigenvalue weighted by Crippen LogP contribution is -2.24. The molecule has 0 bridgehead atoms. The average Bonchev–Trinajstić information content (AvgIpc) is 2.40. The van der Waals surface area contributed by atoms with Gasteiger partial charge in [0, 0.05) is 5.69 Å². The Morgan fingerprint density at radius 2 is 2.07 bits per heavy atom. The standard InChI is InChI=1S/C9H12N2O4/c1-5-3-6(2)11(10-5)7(9(14)15)4-8(12)13/h3,7H,4H2,1-2H3,(H,12,13)(H,14,15)/t7-/m1/s1. The molecule has 0 spiro atoms. The molecule has 2 N–H and O–H groups in total. The van der Waals surface area contributed by atoms with Crippen molar-refractivity contribution in [2.45, 2.75) is 26.3 Å². The number of nitrogens with zero attached hydrogens (tertiary/aromatic N) is 2. The highest BCUT2D eigenvalue weighted by atomic mass is 16.4. The van der Waals surface area contributed by atoms with Gasteiger partial charge in [-0.1, -0.05) is 0 Å². The predicted octanol–water partition coefficient (Wildman–Crippen LogP) is 0.600. The van der Waals surface area contributed by atoms with E-state index in [1.54, 1.807) is 19.9 Å². The van der Waals surface area contributed by atoms with Crippen LogP contribution in [0.4, 0.5) is 0 Å². The number of hydrogen-bond donors (Lipinski definition) is 2. The molecule has 0 radical (unpaired) electrons. The minimum atomic E-state index is -1.19. The summed E-state index contributed by atoms with van der Waals surface area (Å²) < 4.78 is 1.23. The summed E-state index contributed by atoms with van der Waals surface area (Å²) in [6.07, 6.45) is -0.475. The fraction of sp³-hybridized carbons (Fsp3) is 0.444. The van der Waals surface area contributed by atoms with E-state index in [9.17, 15) is 9.59 Å². The van der Waals surface area contributed by atoms with Crippen LogP contribution in [-0.2, 0) is 9.59 Å². The number of carbonyl (C=O) groups is 2. The van der Waals surface area contributed by atoms with Crippen LogP contribution >= 0.6 is 0 Å². The zero-order valence-corrected chi connectivity index (χ0v) is 8.47. The molecule has 0 aliphatic rings. The van der Waals surface area contributed by atoms with Gasteiger partial charge in [-0.05, 0) is 19.9 Å². The lowest BCUT2D eigenvalue weighted by Gasteiger charge is -2.12. The molecule has 0 fully saturated rings. The quantitative estimate of drug-likeness (QED) is 0.762. The molecule has 0 saturated carbocycles. The van der Waals surface area contributed by atoms with E-state index < -0.39 is 24.4 Å². The van der Waals surface area contributed by atoms with E-state index in [1.165, 1.54) is 4.68 Å². The molecule has 15 heavy (non-hydrogen) atoms. The molecular formula is C9H12N2O4. The van der Waals surface area contributed by atoms with Crippen molar-refractivity contribution >= 4 is 11.9 Å². The number of rotatable bonds is 4. The molecule has 1 aromatic rings. The molecule has 6 heteroatoms. The SMILES string of the molecule is Cc1cc(C)n([C@H](CC(=O)O)C(=O)O)n1. The van der Waals surface area contributed by atoms with Crippen LogP contribution < -0.4 is 0 Å². The smallest absolute Gasteiger partial charge is 0.329 e. The van der Waals surface area contributed by atoms with Crippen molar-refractivity contribution in [3.63, 3.8) is 0 Å². The maximum Gasteiger partial charge on any atom is 0.329 e. The lowest BCUT2D eigenvalue weighted by molar-refractivity contribution is -0.147. The fourth-order valence-electron chi connectivity index (χ4n) is 1.41. The van der Waals surface area contributed by atoms with Crippen LogP contribution in [0.5, 0.6) is 0 Å². The molecule has 1 heterocycles. The van der Waals surface area contributed by atoms with Gasteiger partial charge in [-0.3, -0.25) is 9.48 Å². The van der Waals surface area contributed by atoms with Crippen LogP contribution in [0.1, 0.15) is 23.9 Å². The summed E-state index contributed by atoms with van der Waals surface area (Å²) in [4.78, 5) is 21.4. The van der Waals surface area contributed by atoms with E-state index in [4.69, 9.17) is 10.2 Å². The van der Waals surface area contributed by atoms with E-state index in [-0.39, 0.29) is 0 Å². The highest BCUT2D eigenvalue weighted by molar-refractivity contribution is 5.79. The second kappa shape index (κ2) is 4.12. The molecule has 0 aliphatic heterocycles. The normalized spacial score (nSPS) is 12.4.